The lowest BCUT2D eigenvalue weighted by Crippen LogP contribution is -2.26. The second kappa shape index (κ2) is 5.70. The van der Waals surface area contributed by atoms with Gasteiger partial charge in [-0.05, 0) is 13.0 Å². The van der Waals surface area contributed by atoms with E-state index >= 15 is 0 Å². The number of rotatable bonds is 6. The van der Waals surface area contributed by atoms with Crippen LogP contribution in [0.3, 0.4) is 0 Å². The van der Waals surface area contributed by atoms with E-state index in [0.717, 1.165) is 5.69 Å². The average molecular weight is 224 g/mol. The van der Waals surface area contributed by atoms with Crippen LogP contribution in [0.25, 0.3) is 0 Å². The molecule has 4 nitrogen and oxygen atoms in total. The van der Waals surface area contributed by atoms with Crippen LogP contribution in [-0.4, -0.2) is 29.8 Å². The summed E-state index contributed by atoms with van der Waals surface area (Å²) in [5.41, 5.74) is 0.809. The summed E-state index contributed by atoms with van der Waals surface area (Å²) in [6.45, 7) is 7.42. The first-order valence-electron chi connectivity index (χ1n) is 5.51. The van der Waals surface area contributed by atoms with Crippen LogP contribution >= 0.6 is 0 Å². The summed E-state index contributed by atoms with van der Waals surface area (Å²) in [7, 11) is 0. The van der Waals surface area contributed by atoms with Crippen molar-refractivity contribution >= 4 is 5.69 Å². The molecule has 0 unspecified atom stereocenters. The van der Waals surface area contributed by atoms with Crippen molar-refractivity contribution in [3.63, 3.8) is 0 Å². The lowest BCUT2D eigenvalue weighted by molar-refractivity contribution is 0.171. The van der Waals surface area contributed by atoms with Crippen molar-refractivity contribution in [3.05, 3.63) is 18.3 Å². The van der Waals surface area contributed by atoms with Crippen LogP contribution in [-0.2, 0) is 0 Å². The van der Waals surface area contributed by atoms with Crippen molar-refractivity contribution in [2.24, 2.45) is 5.41 Å². The summed E-state index contributed by atoms with van der Waals surface area (Å²) in [6.07, 6.45) is 1.73. The van der Waals surface area contributed by atoms with Gasteiger partial charge in [0.25, 0.3) is 0 Å². The smallest absolute Gasteiger partial charge is 0.213 e. The molecule has 0 aromatic carbocycles. The number of anilines is 1. The van der Waals surface area contributed by atoms with Crippen molar-refractivity contribution in [3.8, 4) is 5.88 Å². The monoisotopic (exact) mass is 224 g/mol. The number of nitrogens with one attached hydrogen (secondary N) is 1. The standard InChI is InChI=1S/C12H20N2O2/c1-4-16-11-6-5-10(7-13-11)14-8-12(2,3)9-15/h5-7,14-15H,4,8-9H2,1-3H3. The van der Waals surface area contributed by atoms with E-state index in [1.165, 1.54) is 0 Å². The summed E-state index contributed by atoms with van der Waals surface area (Å²) in [5.74, 6) is 0.634. The maximum absolute atomic E-state index is 9.11. The van der Waals surface area contributed by atoms with E-state index in [-0.39, 0.29) is 12.0 Å². The van der Waals surface area contributed by atoms with Gasteiger partial charge in [-0.15, -0.1) is 0 Å². The van der Waals surface area contributed by atoms with E-state index in [1.807, 2.05) is 32.9 Å². The molecule has 1 rings (SSSR count). The number of aliphatic hydroxyl groups excluding tert-OH is 1. The van der Waals surface area contributed by atoms with Gasteiger partial charge in [0.1, 0.15) is 0 Å². The van der Waals surface area contributed by atoms with Crippen LogP contribution < -0.4 is 10.1 Å². The molecule has 0 atom stereocenters. The quantitative estimate of drug-likeness (QED) is 0.775. The maximum Gasteiger partial charge on any atom is 0.213 e. The van der Waals surface area contributed by atoms with E-state index in [9.17, 15) is 0 Å². The lowest BCUT2D eigenvalue weighted by Gasteiger charge is -2.22. The van der Waals surface area contributed by atoms with Gasteiger partial charge in [0, 0.05) is 24.6 Å². The van der Waals surface area contributed by atoms with Gasteiger partial charge in [0.05, 0.1) is 18.5 Å². The normalized spacial score (nSPS) is 11.2. The number of aromatic nitrogens is 1. The Morgan fingerprint density at radius 2 is 2.19 bits per heavy atom. The first kappa shape index (κ1) is 12.8. The Kier molecular flexibility index (Phi) is 4.55. The Hall–Kier alpha value is -1.29. The van der Waals surface area contributed by atoms with E-state index < -0.39 is 0 Å². The summed E-state index contributed by atoms with van der Waals surface area (Å²) in [5, 5.41) is 12.3. The SMILES string of the molecule is CCOc1ccc(NCC(C)(C)CO)cn1. The number of ether oxygens (including phenoxy) is 1. The molecule has 0 saturated carbocycles. The van der Waals surface area contributed by atoms with Gasteiger partial charge in [-0.2, -0.15) is 0 Å². The molecule has 0 aliphatic carbocycles. The van der Waals surface area contributed by atoms with Gasteiger partial charge in [-0.1, -0.05) is 13.8 Å². The van der Waals surface area contributed by atoms with Crippen LogP contribution in [0, 0.1) is 5.41 Å². The highest BCUT2D eigenvalue weighted by Crippen LogP contribution is 2.16. The molecule has 1 aromatic heterocycles. The van der Waals surface area contributed by atoms with Gasteiger partial charge in [0.15, 0.2) is 0 Å². The Morgan fingerprint density at radius 1 is 1.44 bits per heavy atom. The van der Waals surface area contributed by atoms with Crippen molar-refractivity contribution in [1.82, 2.24) is 4.98 Å². The van der Waals surface area contributed by atoms with E-state index in [4.69, 9.17) is 9.84 Å². The zero-order valence-corrected chi connectivity index (χ0v) is 10.2. The molecule has 0 aliphatic heterocycles. The molecule has 2 N–H and O–H groups in total. The van der Waals surface area contributed by atoms with Crippen molar-refractivity contribution in [1.29, 1.82) is 0 Å². The van der Waals surface area contributed by atoms with Crippen LogP contribution in [0.4, 0.5) is 5.69 Å². The highest BCUT2D eigenvalue weighted by Gasteiger charge is 2.15. The molecule has 1 heterocycles. The largest absolute Gasteiger partial charge is 0.478 e. The van der Waals surface area contributed by atoms with Gasteiger partial charge in [0.2, 0.25) is 5.88 Å². The van der Waals surface area contributed by atoms with Crippen molar-refractivity contribution in [2.75, 3.05) is 25.1 Å². The van der Waals surface area contributed by atoms with E-state index in [1.54, 1.807) is 6.20 Å². The molecule has 90 valence electrons. The fourth-order valence-corrected chi connectivity index (χ4v) is 1.12. The number of nitrogens with zero attached hydrogens (tertiary/aromatic N) is 1. The van der Waals surface area contributed by atoms with Crippen molar-refractivity contribution < 1.29 is 9.84 Å². The number of hydrogen-bond donors (Lipinski definition) is 2. The van der Waals surface area contributed by atoms with Crippen LogP contribution in [0.1, 0.15) is 20.8 Å². The van der Waals surface area contributed by atoms with Gasteiger partial charge >= 0.3 is 0 Å². The minimum Gasteiger partial charge on any atom is -0.478 e. The maximum atomic E-state index is 9.11. The molecule has 0 bridgehead atoms. The zero-order chi connectivity index (χ0) is 12.0. The van der Waals surface area contributed by atoms with E-state index in [2.05, 4.69) is 10.3 Å². The molecule has 0 fully saturated rings. The summed E-state index contributed by atoms with van der Waals surface area (Å²) >= 11 is 0. The molecule has 0 spiro atoms. The number of hydrogen-bond acceptors (Lipinski definition) is 4. The van der Waals surface area contributed by atoms with Crippen LogP contribution in [0.15, 0.2) is 18.3 Å². The second-order valence-electron chi connectivity index (χ2n) is 4.49. The number of pyridine rings is 1. The molecule has 0 radical (unpaired) electrons. The second-order valence-corrected chi connectivity index (χ2v) is 4.49. The fourth-order valence-electron chi connectivity index (χ4n) is 1.12. The predicted molar refractivity (Wildman–Crippen MR) is 64.8 cm³/mol. The Bertz CT molecular complexity index is 309. The average Bonchev–Trinajstić information content (AvgIpc) is 2.29. The minimum absolute atomic E-state index is 0.126. The van der Waals surface area contributed by atoms with Crippen molar-refractivity contribution in [2.45, 2.75) is 20.8 Å². The summed E-state index contributed by atoms with van der Waals surface area (Å²) in [6, 6.07) is 3.75. The number of aliphatic hydroxyl groups is 1. The molecule has 0 amide bonds. The summed E-state index contributed by atoms with van der Waals surface area (Å²) < 4.78 is 5.25. The zero-order valence-electron chi connectivity index (χ0n) is 10.2. The Labute approximate surface area is 96.7 Å². The molecule has 0 saturated heterocycles. The van der Waals surface area contributed by atoms with Crippen LogP contribution in [0.5, 0.6) is 5.88 Å². The molecule has 0 aliphatic rings. The van der Waals surface area contributed by atoms with Gasteiger partial charge in [-0.25, -0.2) is 4.98 Å². The minimum atomic E-state index is -0.126. The van der Waals surface area contributed by atoms with Crippen LogP contribution in [0.2, 0.25) is 0 Å². The Balaban J connectivity index is 2.49. The summed E-state index contributed by atoms with van der Waals surface area (Å²) in [4.78, 5) is 4.15. The predicted octanol–water partition coefficient (Wildman–Crippen LogP) is 1.91. The van der Waals surface area contributed by atoms with E-state index in [0.29, 0.717) is 19.0 Å². The molecule has 16 heavy (non-hydrogen) atoms. The Morgan fingerprint density at radius 3 is 2.69 bits per heavy atom. The third kappa shape index (κ3) is 4.06. The van der Waals surface area contributed by atoms with Gasteiger partial charge in [-0.3, -0.25) is 0 Å². The highest BCUT2D eigenvalue weighted by atomic mass is 16.5. The molecule has 1 aromatic rings. The van der Waals surface area contributed by atoms with Gasteiger partial charge < -0.3 is 15.2 Å². The third-order valence-corrected chi connectivity index (χ3v) is 2.23. The molecular formula is C12H20N2O2. The topological polar surface area (TPSA) is 54.4 Å². The molecule has 4 heteroatoms. The first-order chi connectivity index (χ1) is 7.57. The highest BCUT2D eigenvalue weighted by molar-refractivity contribution is 5.42. The fraction of sp³-hybridized carbons (Fsp3) is 0.583. The lowest BCUT2D eigenvalue weighted by atomic mass is 9.95. The third-order valence-electron chi connectivity index (χ3n) is 2.23. The first-order valence-corrected chi connectivity index (χ1v) is 5.51. The molecular weight excluding hydrogens is 204 g/mol.